The van der Waals surface area contributed by atoms with Crippen LogP contribution in [0.4, 0.5) is 0 Å². The molecular formula is C15H19N3O3. The average Bonchev–Trinajstić information content (AvgIpc) is 3.12. The van der Waals surface area contributed by atoms with Gasteiger partial charge in [-0.3, -0.25) is 9.69 Å². The van der Waals surface area contributed by atoms with Crippen molar-refractivity contribution in [3.63, 3.8) is 0 Å². The first kappa shape index (κ1) is 13.9. The van der Waals surface area contributed by atoms with Crippen LogP contribution in [0.2, 0.25) is 0 Å². The van der Waals surface area contributed by atoms with Crippen LogP contribution in [0.5, 0.6) is 0 Å². The van der Waals surface area contributed by atoms with E-state index in [0.29, 0.717) is 5.69 Å². The highest BCUT2D eigenvalue weighted by Gasteiger charge is 2.23. The highest BCUT2D eigenvalue weighted by Crippen LogP contribution is 2.15. The van der Waals surface area contributed by atoms with Gasteiger partial charge >= 0.3 is 0 Å². The molecule has 3 heterocycles. The van der Waals surface area contributed by atoms with Gasteiger partial charge in [-0.15, -0.1) is 0 Å². The summed E-state index contributed by atoms with van der Waals surface area (Å²) in [5.41, 5.74) is 0.716. The zero-order chi connectivity index (χ0) is 14.7. The fraction of sp³-hybridized carbons (Fsp3) is 0.467. The standard InChI is InChI=1S/C15H19N3O3/c1-11-9-14(21-17-11)15(19)16-12-4-6-18(7-5-12)10-13-3-2-8-20-13/h2-3,8-9,12H,4-7,10H2,1H3,(H,16,19). The summed E-state index contributed by atoms with van der Waals surface area (Å²) in [6, 6.07) is 5.74. The zero-order valence-corrected chi connectivity index (χ0v) is 12.0. The fourth-order valence-electron chi connectivity index (χ4n) is 2.59. The zero-order valence-electron chi connectivity index (χ0n) is 12.0. The van der Waals surface area contributed by atoms with Crippen LogP contribution in [0.25, 0.3) is 0 Å². The Hall–Kier alpha value is -2.08. The van der Waals surface area contributed by atoms with E-state index in [1.54, 1.807) is 19.3 Å². The van der Waals surface area contributed by atoms with Gasteiger partial charge in [0.05, 0.1) is 18.5 Å². The quantitative estimate of drug-likeness (QED) is 0.931. The minimum Gasteiger partial charge on any atom is -0.468 e. The highest BCUT2D eigenvalue weighted by molar-refractivity contribution is 5.91. The van der Waals surface area contributed by atoms with Crippen LogP contribution in [0, 0.1) is 6.92 Å². The van der Waals surface area contributed by atoms with E-state index in [-0.39, 0.29) is 17.7 Å². The van der Waals surface area contributed by atoms with Crippen LogP contribution < -0.4 is 5.32 Å². The molecule has 1 fully saturated rings. The van der Waals surface area contributed by atoms with E-state index in [1.807, 2.05) is 12.1 Å². The number of furan rings is 1. The van der Waals surface area contributed by atoms with E-state index < -0.39 is 0 Å². The number of carbonyl (C=O) groups is 1. The first-order valence-electron chi connectivity index (χ1n) is 7.19. The molecule has 112 valence electrons. The number of nitrogens with one attached hydrogen (secondary N) is 1. The largest absolute Gasteiger partial charge is 0.468 e. The maximum Gasteiger partial charge on any atom is 0.290 e. The number of hydrogen-bond donors (Lipinski definition) is 1. The Morgan fingerprint density at radius 2 is 2.29 bits per heavy atom. The molecule has 0 atom stereocenters. The molecule has 6 heteroatoms. The van der Waals surface area contributed by atoms with Crippen molar-refractivity contribution in [3.8, 4) is 0 Å². The number of likely N-dealkylation sites (tertiary alicyclic amines) is 1. The number of hydrogen-bond acceptors (Lipinski definition) is 5. The summed E-state index contributed by atoms with van der Waals surface area (Å²) in [6.07, 6.45) is 3.56. The third-order valence-electron chi connectivity index (χ3n) is 3.73. The molecule has 2 aromatic heterocycles. The summed E-state index contributed by atoms with van der Waals surface area (Å²) in [5, 5.41) is 6.74. The predicted octanol–water partition coefficient (Wildman–Crippen LogP) is 1.97. The first-order valence-corrected chi connectivity index (χ1v) is 7.19. The Balaban J connectivity index is 1.46. The summed E-state index contributed by atoms with van der Waals surface area (Å²) < 4.78 is 10.3. The van der Waals surface area contributed by atoms with Gasteiger partial charge in [-0.2, -0.15) is 0 Å². The molecule has 0 aromatic carbocycles. The molecule has 6 nitrogen and oxygen atoms in total. The lowest BCUT2D eigenvalue weighted by Crippen LogP contribution is -2.44. The number of aromatic nitrogens is 1. The maximum absolute atomic E-state index is 12.0. The van der Waals surface area contributed by atoms with Crippen LogP contribution in [0.1, 0.15) is 34.9 Å². The minimum absolute atomic E-state index is 0.180. The lowest BCUT2D eigenvalue weighted by Gasteiger charge is -2.31. The van der Waals surface area contributed by atoms with E-state index in [2.05, 4.69) is 15.4 Å². The van der Waals surface area contributed by atoms with Crippen molar-refractivity contribution in [2.75, 3.05) is 13.1 Å². The van der Waals surface area contributed by atoms with Crippen molar-refractivity contribution >= 4 is 5.91 Å². The first-order chi connectivity index (χ1) is 10.2. The Bertz CT molecular complexity index is 583. The van der Waals surface area contributed by atoms with Crippen LogP contribution in [-0.2, 0) is 6.54 Å². The number of piperidine rings is 1. The van der Waals surface area contributed by atoms with Crippen molar-refractivity contribution in [2.24, 2.45) is 0 Å². The molecule has 1 aliphatic heterocycles. The van der Waals surface area contributed by atoms with Crippen LogP contribution in [0.3, 0.4) is 0 Å². The number of carbonyl (C=O) groups excluding carboxylic acids is 1. The van der Waals surface area contributed by atoms with Crippen molar-refractivity contribution < 1.29 is 13.7 Å². The Morgan fingerprint density at radius 1 is 1.48 bits per heavy atom. The van der Waals surface area contributed by atoms with Crippen molar-refractivity contribution in [1.82, 2.24) is 15.4 Å². The molecule has 21 heavy (non-hydrogen) atoms. The summed E-state index contributed by atoms with van der Waals surface area (Å²) in [6.45, 7) is 4.52. The van der Waals surface area contributed by atoms with Crippen molar-refractivity contribution in [2.45, 2.75) is 32.4 Å². The van der Waals surface area contributed by atoms with Crippen LogP contribution in [-0.4, -0.2) is 35.1 Å². The van der Waals surface area contributed by atoms with Gasteiger partial charge in [0.2, 0.25) is 5.76 Å². The van der Waals surface area contributed by atoms with E-state index in [4.69, 9.17) is 8.94 Å². The van der Waals surface area contributed by atoms with Crippen molar-refractivity contribution in [1.29, 1.82) is 0 Å². The van der Waals surface area contributed by atoms with Gasteiger partial charge in [0, 0.05) is 25.2 Å². The molecule has 1 saturated heterocycles. The third-order valence-corrected chi connectivity index (χ3v) is 3.73. The minimum atomic E-state index is -0.180. The summed E-state index contributed by atoms with van der Waals surface area (Å²) >= 11 is 0. The third kappa shape index (κ3) is 3.52. The van der Waals surface area contributed by atoms with Gasteiger partial charge in [-0.1, -0.05) is 5.16 Å². The van der Waals surface area contributed by atoms with Gasteiger partial charge in [-0.05, 0) is 31.9 Å². The Morgan fingerprint density at radius 3 is 2.90 bits per heavy atom. The molecule has 1 aliphatic rings. The smallest absolute Gasteiger partial charge is 0.290 e. The highest BCUT2D eigenvalue weighted by atomic mass is 16.5. The topological polar surface area (TPSA) is 71.5 Å². The second-order valence-electron chi connectivity index (χ2n) is 5.44. The lowest BCUT2D eigenvalue weighted by atomic mass is 10.0. The second-order valence-corrected chi connectivity index (χ2v) is 5.44. The van der Waals surface area contributed by atoms with Crippen LogP contribution >= 0.6 is 0 Å². The van der Waals surface area contributed by atoms with Gasteiger partial charge < -0.3 is 14.3 Å². The average molecular weight is 289 g/mol. The van der Waals surface area contributed by atoms with Crippen molar-refractivity contribution in [3.05, 3.63) is 41.7 Å². The molecule has 0 unspecified atom stereocenters. The molecule has 0 radical (unpaired) electrons. The number of rotatable bonds is 4. The molecule has 2 aromatic rings. The fourth-order valence-corrected chi connectivity index (χ4v) is 2.59. The Kier molecular flexibility index (Phi) is 4.06. The number of amides is 1. The van der Waals surface area contributed by atoms with Crippen LogP contribution in [0.15, 0.2) is 33.4 Å². The second kappa shape index (κ2) is 6.13. The summed E-state index contributed by atoms with van der Waals surface area (Å²) in [4.78, 5) is 14.3. The number of nitrogens with zero attached hydrogens (tertiary/aromatic N) is 2. The molecule has 0 aliphatic carbocycles. The lowest BCUT2D eigenvalue weighted by molar-refractivity contribution is 0.0869. The molecule has 0 bridgehead atoms. The van der Waals surface area contributed by atoms with Gasteiger partial charge in [-0.25, -0.2) is 0 Å². The Labute approximate surface area is 123 Å². The van der Waals surface area contributed by atoms with Gasteiger partial charge in [0.15, 0.2) is 0 Å². The molecule has 1 amide bonds. The van der Waals surface area contributed by atoms with Gasteiger partial charge in [0.1, 0.15) is 5.76 Å². The maximum atomic E-state index is 12.0. The predicted molar refractivity (Wildman–Crippen MR) is 75.7 cm³/mol. The molecular weight excluding hydrogens is 270 g/mol. The number of aryl methyl sites for hydroxylation is 1. The van der Waals surface area contributed by atoms with E-state index in [1.165, 1.54) is 0 Å². The van der Waals surface area contributed by atoms with E-state index in [0.717, 1.165) is 38.2 Å². The molecule has 0 saturated carbocycles. The normalized spacial score (nSPS) is 17.0. The monoisotopic (exact) mass is 289 g/mol. The molecule has 3 rings (SSSR count). The summed E-state index contributed by atoms with van der Waals surface area (Å²) in [7, 11) is 0. The van der Waals surface area contributed by atoms with E-state index >= 15 is 0 Å². The van der Waals surface area contributed by atoms with E-state index in [9.17, 15) is 4.79 Å². The molecule has 1 N–H and O–H groups in total. The SMILES string of the molecule is Cc1cc(C(=O)NC2CCN(Cc3ccco3)CC2)on1. The molecule has 0 spiro atoms. The van der Waals surface area contributed by atoms with Gasteiger partial charge in [0.25, 0.3) is 5.91 Å². The summed E-state index contributed by atoms with van der Waals surface area (Å²) in [5.74, 6) is 1.08.